The van der Waals surface area contributed by atoms with E-state index < -0.39 is 5.60 Å². The molecule has 0 saturated heterocycles. The zero-order valence-corrected chi connectivity index (χ0v) is 16.2. The van der Waals surface area contributed by atoms with Crippen LogP contribution in [-0.4, -0.2) is 24.2 Å². The van der Waals surface area contributed by atoms with Crippen LogP contribution in [-0.2, 0) is 9.53 Å². The van der Waals surface area contributed by atoms with Gasteiger partial charge in [0.1, 0.15) is 11.4 Å². The molecule has 1 aliphatic rings. The van der Waals surface area contributed by atoms with Crippen molar-refractivity contribution in [2.24, 2.45) is 5.92 Å². The Balaban J connectivity index is 1.89. The third-order valence-electron chi connectivity index (χ3n) is 4.91. The minimum atomic E-state index is -0.760. The third kappa shape index (κ3) is 3.85. The molecule has 1 atom stereocenters. The lowest BCUT2D eigenvalue weighted by atomic mass is 9.98. The number of amides is 1. The Morgan fingerprint density at radius 3 is 2.50 bits per heavy atom. The highest BCUT2D eigenvalue weighted by Crippen LogP contribution is 2.43. The summed E-state index contributed by atoms with van der Waals surface area (Å²) in [6.07, 6.45) is 3.10. The Morgan fingerprint density at radius 2 is 1.88 bits per heavy atom. The Morgan fingerprint density at radius 1 is 1.19 bits per heavy atom. The first-order chi connectivity index (χ1) is 12.5. The van der Waals surface area contributed by atoms with E-state index in [1.54, 1.807) is 0 Å². The van der Waals surface area contributed by atoms with Crippen molar-refractivity contribution in [3.8, 4) is 5.75 Å². The summed E-state index contributed by atoms with van der Waals surface area (Å²) in [5.74, 6) is 1.08. The Labute approximate surface area is 155 Å². The molecule has 1 aliphatic carbocycles. The number of carbonyl (C=O) groups excluding carboxylic acids is 1. The monoisotopic (exact) mass is 355 g/mol. The van der Waals surface area contributed by atoms with Gasteiger partial charge >= 0.3 is 0 Å². The van der Waals surface area contributed by atoms with Crippen molar-refractivity contribution in [1.82, 2.24) is 0 Å². The summed E-state index contributed by atoms with van der Waals surface area (Å²) in [5.41, 5.74) is 0.0400. The van der Waals surface area contributed by atoms with Crippen molar-refractivity contribution in [1.29, 1.82) is 0 Å². The average molecular weight is 355 g/mol. The molecule has 0 aromatic heterocycles. The van der Waals surface area contributed by atoms with Gasteiger partial charge in [0.15, 0.2) is 0 Å². The molecule has 2 aromatic rings. The van der Waals surface area contributed by atoms with E-state index in [-0.39, 0.29) is 12.0 Å². The fourth-order valence-corrected chi connectivity index (χ4v) is 3.30. The molecule has 0 spiro atoms. The molecule has 0 aliphatic heterocycles. The van der Waals surface area contributed by atoms with Gasteiger partial charge in [0.05, 0.1) is 6.10 Å². The maximum Gasteiger partial charge on any atom is 0.256 e. The second-order valence-corrected chi connectivity index (χ2v) is 7.51. The van der Waals surface area contributed by atoms with Gasteiger partial charge in [0.2, 0.25) is 0 Å². The smallest absolute Gasteiger partial charge is 0.256 e. The highest BCUT2D eigenvalue weighted by atomic mass is 16.5. The van der Waals surface area contributed by atoms with E-state index in [2.05, 4.69) is 12.2 Å². The first-order valence-electron chi connectivity index (χ1n) is 9.59. The molecule has 0 bridgehead atoms. The van der Waals surface area contributed by atoms with Crippen molar-refractivity contribution in [3.05, 3.63) is 36.4 Å². The van der Waals surface area contributed by atoms with Gasteiger partial charge in [-0.05, 0) is 58.1 Å². The zero-order chi connectivity index (χ0) is 18.7. The van der Waals surface area contributed by atoms with E-state index in [0.717, 1.165) is 41.5 Å². The highest BCUT2D eigenvalue weighted by molar-refractivity contribution is 6.06. The molecule has 4 nitrogen and oxygen atoms in total. The lowest BCUT2D eigenvalue weighted by Crippen LogP contribution is -2.45. The summed E-state index contributed by atoms with van der Waals surface area (Å²) in [7, 11) is 0. The number of benzene rings is 2. The molecule has 1 amide bonds. The third-order valence-corrected chi connectivity index (χ3v) is 4.91. The van der Waals surface area contributed by atoms with Crippen LogP contribution in [0.5, 0.6) is 5.75 Å². The second kappa shape index (κ2) is 7.67. The van der Waals surface area contributed by atoms with E-state index in [0.29, 0.717) is 12.5 Å². The summed E-state index contributed by atoms with van der Waals surface area (Å²) >= 11 is 0. The molecular weight excluding hydrogens is 326 g/mol. The van der Waals surface area contributed by atoms with E-state index in [4.69, 9.17) is 9.47 Å². The van der Waals surface area contributed by atoms with Crippen molar-refractivity contribution in [3.63, 3.8) is 0 Å². The van der Waals surface area contributed by atoms with E-state index in [1.807, 2.05) is 57.2 Å². The Kier molecular flexibility index (Phi) is 5.52. The van der Waals surface area contributed by atoms with Gasteiger partial charge in [-0.2, -0.15) is 0 Å². The molecule has 140 valence electrons. The van der Waals surface area contributed by atoms with Crippen LogP contribution >= 0.6 is 0 Å². The van der Waals surface area contributed by atoms with Crippen LogP contribution in [0.3, 0.4) is 0 Å². The number of fused-ring (bicyclic) bond motifs is 1. The Bertz CT molecular complexity index is 782. The van der Waals surface area contributed by atoms with Gasteiger partial charge in [-0.1, -0.05) is 31.2 Å². The number of carbonyl (C=O) groups is 1. The second-order valence-electron chi connectivity index (χ2n) is 7.51. The van der Waals surface area contributed by atoms with Gasteiger partial charge in [-0.25, -0.2) is 0 Å². The fourth-order valence-electron chi connectivity index (χ4n) is 3.30. The summed E-state index contributed by atoms with van der Waals surface area (Å²) in [6.45, 7) is 8.61. The van der Waals surface area contributed by atoms with Gasteiger partial charge in [0.25, 0.3) is 5.91 Å². The summed E-state index contributed by atoms with van der Waals surface area (Å²) < 4.78 is 11.9. The lowest BCUT2D eigenvalue weighted by molar-refractivity contribution is -0.142. The highest BCUT2D eigenvalue weighted by Gasteiger charge is 2.48. The number of anilines is 1. The molecule has 1 saturated carbocycles. The number of rotatable bonds is 8. The normalized spacial score (nSPS) is 16.5. The SMILES string of the molecule is CCCOC(C)(C(=O)Nc1ccc(OC(C)C)c2ccccc12)C1CC1. The number of hydrogen-bond donors (Lipinski definition) is 1. The first-order valence-corrected chi connectivity index (χ1v) is 9.59. The average Bonchev–Trinajstić information content (AvgIpc) is 3.47. The largest absolute Gasteiger partial charge is 0.490 e. The van der Waals surface area contributed by atoms with Crippen molar-refractivity contribution >= 4 is 22.4 Å². The number of ether oxygens (including phenoxy) is 2. The van der Waals surface area contributed by atoms with Crippen molar-refractivity contribution in [2.75, 3.05) is 11.9 Å². The van der Waals surface area contributed by atoms with Gasteiger partial charge in [-0.15, -0.1) is 0 Å². The number of nitrogens with one attached hydrogen (secondary N) is 1. The molecule has 0 heterocycles. The maximum absolute atomic E-state index is 13.1. The van der Waals surface area contributed by atoms with Crippen LogP contribution in [0, 0.1) is 5.92 Å². The van der Waals surface area contributed by atoms with E-state index >= 15 is 0 Å². The minimum absolute atomic E-state index is 0.0591. The lowest BCUT2D eigenvalue weighted by Gasteiger charge is -2.29. The van der Waals surface area contributed by atoms with Crippen LogP contribution in [0.15, 0.2) is 36.4 Å². The van der Waals surface area contributed by atoms with Crippen LogP contribution in [0.4, 0.5) is 5.69 Å². The summed E-state index contributed by atoms with van der Waals surface area (Å²) in [4.78, 5) is 13.1. The molecule has 4 heteroatoms. The van der Waals surface area contributed by atoms with Crippen LogP contribution < -0.4 is 10.1 Å². The topological polar surface area (TPSA) is 47.6 Å². The van der Waals surface area contributed by atoms with Crippen LogP contribution in [0.2, 0.25) is 0 Å². The van der Waals surface area contributed by atoms with E-state index in [1.165, 1.54) is 0 Å². The quantitative estimate of drug-likeness (QED) is 0.711. The van der Waals surface area contributed by atoms with Crippen molar-refractivity contribution < 1.29 is 14.3 Å². The first kappa shape index (κ1) is 18.7. The van der Waals surface area contributed by atoms with Gasteiger partial charge in [0, 0.05) is 23.1 Å². The van der Waals surface area contributed by atoms with Crippen LogP contribution in [0.1, 0.15) is 47.0 Å². The molecular formula is C22H29NO3. The van der Waals surface area contributed by atoms with Gasteiger partial charge in [-0.3, -0.25) is 4.79 Å². The molecule has 1 unspecified atom stereocenters. The molecule has 3 rings (SSSR count). The standard InChI is InChI=1S/C22H29NO3/c1-5-14-25-22(4,16-10-11-16)21(24)23-19-12-13-20(26-15(2)3)18-9-7-6-8-17(18)19/h6-9,12-13,15-16H,5,10-11,14H2,1-4H3,(H,23,24). The fraction of sp³-hybridized carbons (Fsp3) is 0.500. The molecule has 0 radical (unpaired) electrons. The molecule has 1 N–H and O–H groups in total. The number of hydrogen-bond acceptors (Lipinski definition) is 3. The predicted octanol–water partition coefficient (Wildman–Crippen LogP) is 5.16. The molecule has 1 fully saturated rings. The minimum Gasteiger partial charge on any atom is -0.490 e. The van der Waals surface area contributed by atoms with Crippen LogP contribution in [0.25, 0.3) is 10.8 Å². The van der Waals surface area contributed by atoms with E-state index in [9.17, 15) is 4.79 Å². The summed E-state index contributed by atoms with van der Waals surface area (Å²) in [6, 6.07) is 11.9. The maximum atomic E-state index is 13.1. The Hall–Kier alpha value is -2.07. The summed E-state index contributed by atoms with van der Waals surface area (Å²) in [5, 5.41) is 5.10. The van der Waals surface area contributed by atoms with Crippen molar-refractivity contribution in [2.45, 2.75) is 58.7 Å². The zero-order valence-electron chi connectivity index (χ0n) is 16.2. The molecule has 2 aromatic carbocycles. The molecule has 26 heavy (non-hydrogen) atoms. The predicted molar refractivity (Wildman–Crippen MR) is 106 cm³/mol. The van der Waals surface area contributed by atoms with Gasteiger partial charge < -0.3 is 14.8 Å².